The molecule has 1 aromatic heterocycles. The van der Waals surface area contributed by atoms with E-state index in [4.69, 9.17) is 9.72 Å². The number of hydrogen-bond acceptors (Lipinski definition) is 3. The molecule has 3 rings (SSSR count). The summed E-state index contributed by atoms with van der Waals surface area (Å²) in [6.07, 6.45) is 11.9. The molecule has 0 saturated heterocycles. The maximum atomic E-state index is 12.4. The van der Waals surface area contributed by atoms with E-state index in [2.05, 4.69) is 32.2 Å². The van der Waals surface area contributed by atoms with Gasteiger partial charge in [-0.05, 0) is 74.3 Å². The maximum absolute atomic E-state index is 12.4. The summed E-state index contributed by atoms with van der Waals surface area (Å²) >= 11 is 0. The third-order valence-electron chi connectivity index (χ3n) is 5.88. The molecule has 150 valence electrons. The van der Waals surface area contributed by atoms with E-state index in [1.165, 1.54) is 36.1 Å². The van der Waals surface area contributed by atoms with Gasteiger partial charge in [0.15, 0.2) is 0 Å². The molecule has 0 aliphatic heterocycles. The van der Waals surface area contributed by atoms with E-state index in [-0.39, 0.29) is 12.1 Å². The van der Waals surface area contributed by atoms with Crippen LogP contribution in [-0.2, 0) is 17.6 Å². The van der Waals surface area contributed by atoms with E-state index in [1.807, 2.05) is 24.3 Å². The molecule has 1 aliphatic rings. The van der Waals surface area contributed by atoms with Gasteiger partial charge in [0.25, 0.3) is 0 Å². The van der Waals surface area contributed by atoms with Crippen molar-refractivity contribution in [3.63, 3.8) is 0 Å². The van der Waals surface area contributed by atoms with Crippen LogP contribution in [0.1, 0.15) is 91.9 Å². The Morgan fingerprint density at radius 2 is 1.68 bits per heavy atom. The van der Waals surface area contributed by atoms with Gasteiger partial charge in [0, 0.05) is 17.8 Å². The largest absolute Gasteiger partial charge is 0.459 e. The Morgan fingerprint density at radius 1 is 0.964 bits per heavy atom. The summed E-state index contributed by atoms with van der Waals surface area (Å²) in [6, 6.07) is 12.2. The normalized spacial score (nSPS) is 19.4. The Bertz CT molecular complexity index is 728. The molecule has 0 bridgehead atoms. The highest BCUT2D eigenvalue weighted by Gasteiger charge is 2.26. The average molecular weight is 380 g/mol. The number of pyridine rings is 1. The highest BCUT2D eigenvalue weighted by Crippen LogP contribution is 2.33. The van der Waals surface area contributed by atoms with Crippen LogP contribution in [0.4, 0.5) is 0 Å². The Balaban J connectivity index is 1.46. The predicted octanol–water partition coefficient (Wildman–Crippen LogP) is 6.26. The lowest BCUT2D eigenvalue weighted by atomic mass is 9.85. The predicted molar refractivity (Wildman–Crippen MR) is 114 cm³/mol. The lowest BCUT2D eigenvalue weighted by Gasteiger charge is -2.28. The number of nitrogens with zero attached hydrogens (tertiary/aromatic N) is 1. The monoisotopic (exact) mass is 379 g/mol. The number of ether oxygens (including phenoxy) is 1. The molecule has 3 heteroatoms. The lowest BCUT2D eigenvalue weighted by molar-refractivity contribution is 0.0194. The molecular formula is C25H33NO2. The second-order valence-electron chi connectivity index (χ2n) is 7.98. The molecule has 1 aliphatic carbocycles. The maximum Gasteiger partial charge on any atom is 0.338 e. The molecule has 0 amide bonds. The Labute approximate surface area is 169 Å². The standard InChI is InChI=1S/C25H33NO2/c1-3-5-6-7-20-10-17-24(26-18-20)21-13-15-23(16-14-21)28-25(27)22-11-8-19(4-2)9-12-22/h8-12,17-18,21,23H,3-7,13-16H2,1-2H3. The molecule has 28 heavy (non-hydrogen) atoms. The van der Waals surface area contributed by atoms with Crippen molar-refractivity contribution in [3.05, 3.63) is 65.0 Å². The first-order valence-corrected chi connectivity index (χ1v) is 10.9. The summed E-state index contributed by atoms with van der Waals surface area (Å²) in [5.41, 5.74) is 4.42. The number of aryl methyl sites for hydroxylation is 2. The van der Waals surface area contributed by atoms with Crippen LogP contribution in [0, 0.1) is 0 Å². The van der Waals surface area contributed by atoms with Crippen LogP contribution in [0.3, 0.4) is 0 Å². The van der Waals surface area contributed by atoms with Gasteiger partial charge in [0.05, 0.1) is 5.56 Å². The van der Waals surface area contributed by atoms with Gasteiger partial charge in [0.1, 0.15) is 6.10 Å². The van der Waals surface area contributed by atoms with Crippen LogP contribution >= 0.6 is 0 Å². The van der Waals surface area contributed by atoms with Gasteiger partial charge in [-0.2, -0.15) is 0 Å². The third-order valence-corrected chi connectivity index (χ3v) is 5.88. The molecule has 1 fully saturated rings. The van der Waals surface area contributed by atoms with E-state index in [1.54, 1.807) is 0 Å². The minimum atomic E-state index is -0.194. The number of unbranched alkanes of at least 4 members (excludes halogenated alkanes) is 2. The number of benzene rings is 1. The average Bonchev–Trinajstić information content (AvgIpc) is 2.75. The zero-order chi connectivity index (χ0) is 19.8. The second kappa shape index (κ2) is 10.4. The Morgan fingerprint density at radius 3 is 2.29 bits per heavy atom. The summed E-state index contributed by atoms with van der Waals surface area (Å²) in [7, 11) is 0. The van der Waals surface area contributed by atoms with Crippen molar-refractivity contribution in [1.29, 1.82) is 0 Å². The zero-order valence-electron chi connectivity index (χ0n) is 17.3. The quantitative estimate of drug-likeness (QED) is 0.401. The summed E-state index contributed by atoms with van der Waals surface area (Å²) in [4.78, 5) is 17.1. The molecular weight excluding hydrogens is 346 g/mol. The van der Waals surface area contributed by atoms with Gasteiger partial charge in [0.2, 0.25) is 0 Å². The van der Waals surface area contributed by atoms with E-state index < -0.39 is 0 Å². The van der Waals surface area contributed by atoms with Crippen molar-refractivity contribution in [2.24, 2.45) is 0 Å². The molecule has 1 heterocycles. The number of rotatable bonds is 8. The first kappa shape index (κ1) is 20.6. The molecule has 0 atom stereocenters. The highest BCUT2D eigenvalue weighted by molar-refractivity contribution is 5.89. The van der Waals surface area contributed by atoms with Crippen molar-refractivity contribution in [3.8, 4) is 0 Å². The summed E-state index contributed by atoms with van der Waals surface area (Å²) in [5, 5.41) is 0. The molecule has 0 radical (unpaired) electrons. The van der Waals surface area contributed by atoms with Crippen molar-refractivity contribution >= 4 is 5.97 Å². The third kappa shape index (κ3) is 5.67. The molecule has 0 spiro atoms. The molecule has 0 unspecified atom stereocenters. The topological polar surface area (TPSA) is 39.2 Å². The molecule has 0 N–H and O–H groups in total. The van der Waals surface area contributed by atoms with Gasteiger partial charge >= 0.3 is 5.97 Å². The molecule has 2 aromatic rings. The van der Waals surface area contributed by atoms with Crippen LogP contribution in [0.15, 0.2) is 42.6 Å². The van der Waals surface area contributed by atoms with Crippen molar-refractivity contribution < 1.29 is 9.53 Å². The van der Waals surface area contributed by atoms with Crippen molar-refractivity contribution in [1.82, 2.24) is 4.98 Å². The summed E-state index contributed by atoms with van der Waals surface area (Å²) in [6.45, 7) is 4.34. The van der Waals surface area contributed by atoms with Crippen LogP contribution in [0.5, 0.6) is 0 Å². The van der Waals surface area contributed by atoms with E-state index in [0.29, 0.717) is 11.5 Å². The van der Waals surface area contributed by atoms with Crippen LogP contribution in [0.2, 0.25) is 0 Å². The van der Waals surface area contributed by atoms with E-state index in [0.717, 1.165) is 38.5 Å². The minimum Gasteiger partial charge on any atom is -0.459 e. The van der Waals surface area contributed by atoms with Crippen LogP contribution in [-0.4, -0.2) is 17.1 Å². The highest BCUT2D eigenvalue weighted by atomic mass is 16.5. The number of hydrogen-bond donors (Lipinski definition) is 0. The van der Waals surface area contributed by atoms with Gasteiger partial charge in [-0.1, -0.05) is 44.9 Å². The van der Waals surface area contributed by atoms with E-state index >= 15 is 0 Å². The van der Waals surface area contributed by atoms with Crippen LogP contribution < -0.4 is 0 Å². The van der Waals surface area contributed by atoms with Gasteiger partial charge < -0.3 is 4.74 Å². The smallest absolute Gasteiger partial charge is 0.338 e. The first-order valence-electron chi connectivity index (χ1n) is 10.9. The van der Waals surface area contributed by atoms with Crippen LogP contribution in [0.25, 0.3) is 0 Å². The van der Waals surface area contributed by atoms with E-state index in [9.17, 15) is 4.79 Å². The van der Waals surface area contributed by atoms with Gasteiger partial charge in [-0.3, -0.25) is 4.98 Å². The summed E-state index contributed by atoms with van der Waals surface area (Å²) in [5.74, 6) is 0.296. The first-order chi connectivity index (χ1) is 13.7. The Hall–Kier alpha value is -2.16. The van der Waals surface area contributed by atoms with Gasteiger partial charge in [-0.15, -0.1) is 0 Å². The Kier molecular flexibility index (Phi) is 7.64. The van der Waals surface area contributed by atoms with Crippen molar-refractivity contribution in [2.45, 2.75) is 83.7 Å². The fraction of sp³-hybridized carbons (Fsp3) is 0.520. The SMILES string of the molecule is CCCCCc1ccc(C2CCC(OC(=O)c3ccc(CC)cc3)CC2)nc1. The zero-order valence-corrected chi connectivity index (χ0v) is 17.3. The molecule has 1 aromatic carbocycles. The number of carbonyl (C=O) groups excluding carboxylic acids is 1. The fourth-order valence-corrected chi connectivity index (χ4v) is 3.98. The van der Waals surface area contributed by atoms with Gasteiger partial charge in [-0.25, -0.2) is 4.79 Å². The lowest BCUT2D eigenvalue weighted by Crippen LogP contribution is -2.24. The van der Waals surface area contributed by atoms with Crippen molar-refractivity contribution in [2.75, 3.05) is 0 Å². The molecule has 3 nitrogen and oxygen atoms in total. The minimum absolute atomic E-state index is 0.0305. The number of esters is 1. The molecule has 1 saturated carbocycles. The second-order valence-corrected chi connectivity index (χ2v) is 7.98. The number of carbonyl (C=O) groups is 1. The number of aromatic nitrogens is 1. The summed E-state index contributed by atoms with van der Waals surface area (Å²) < 4.78 is 5.75. The fourth-order valence-electron chi connectivity index (χ4n) is 3.98.